The van der Waals surface area contributed by atoms with E-state index in [1.54, 1.807) is 14.2 Å². The summed E-state index contributed by atoms with van der Waals surface area (Å²) in [6, 6.07) is 22.4. The molecule has 3 aromatic rings. The van der Waals surface area contributed by atoms with Gasteiger partial charge in [-0.05, 0) is 59.0 Å². The Bertz CT molecular complexity index is 787. The summed E-state index contributed by atoms with van der Waals surface area (Å²) in [4.78, 5) is 0. The molecule has 0 aromatic heterocycles. The number of ether oxygens (including phenoxy) is 2. The van der Waals surface area contributed by atoms with E-state index >= 15 is 0 Å². The Morgan fingerprint density at radius 3 is 1.70 bits per heavy atom. The second kappa shape index (κ2) is 6.57. The minimum Gasteiger partial charge on any atom is -0.497 e. The zero-order valence-corrected chi connectivity index (χ0v) is 13.4. The molecular weight excluding hydrogens is 284 g/mol. The fraction of sp³-hybridized carbons (Fsp3) is 0.0952. The monoisotopic (exact) mass is 303 g/mol. The van der Waals surface area contributed by atoms with Crippen LogP contribution >= 0.6 is 0 Å². The van der Waals surface area contributed by atoms with Crippen molar-refractivity contribution in [1.82, 2.24) is 0 Å². The van der Waals surface area contributed by atoms with Gasteiger partial charge in [-0.3, -0.25) is 0 Å². The van der Waals surface area contributed by atoms with Crippen LogP contribution in [0.4, 0.5) is 0 Å². The highest BCUT2D eigenvalue weighted by Crippen LogP contribution is 2.36. The van der Waals surface area contributed by atoms with Crippen molar-refractivity contribution in [2.75, 3.05) is 14.2 Å². The maximum atomic E-state index is 5.25. The molecule has 0 aliphatic rings. The average molecular weight is 303 g/mol. The molecule has 0 heterocycles. The molecule has 0 fully saturated rings. The second-order valence-electron chi connectivity index (χ2n) is 5.30. The van der Waals surface area contributed by atoms with Gasteiger partial charge >= 0.3 is 0 Å². The first kappa shape index (κ1) is 15.2. The van der Waals surface area contributed by atoms with E-state index in [4.69, 9.17) is 9.47 Å². The number of rotatable bonds is 4. The third kappa shape index (κ3) is 3.07. The minimum absolute atomic E-state index is 0.848. The average Bonchev–Trinajstić information content (AvgIpc) is 2.62. The Hall–Kier alpha value is -2.74. The highest BCUT2D eigenvalue weighted by molar-refractivity contribution is 5.86. The summed E-state index contributed by atoms with van der Waals surface area (Å²) in [6.07, 6.45) is 0. The van der Waals surface area contributed by atoms with Crippen molar-refractivity contribution in [3.63, 3.8) is 0 Å². The summed E-state index contributed by atoms with van der Waals surface area (Å²) < 4.78 is 10.5. The van der Waals surface area contributed by atoms with Gasteiger partial charge in [-0.1, -0.05) is 42.5 Å². The van der Waals surface area contributed by atoms with Gasteiger partial charge in [0, 0.05) is 0 Å². The summed E-state index contributed by atoms with van der Waals surface area (Å²) in [6.45, 7) is 4.20. The molecule has 0 saturated carbocycles. The number of methoxy groups -OCH3 is 2. The maximum Gasteiger partial charge on any atom is 0.118 e. The van der Waals surface area contributed by atoms with Gasteiger partial charge in [0.25, 0.3) is 0 Å². The molecule has 0 aliphatic carbocycles. The fourth-order valence-electron chi connectivity index (χ4n) is 2.71. The zero-order valence-electron chi connectivity index (χ0n) is 13.4. The molecule has 0 saturated heterocycles. The van der Waals surface area contributed by atoms with Gasteiger partial charge < -0.3 is 9.47 Å². The zero-order chi connectivity index (χ0) is 16.2. The summed E-state index contributed by atoms with van der Waals surface area (Å²) in [5, 5.41) is 0. The third-order valence-corrected chi connectivity index (χ3v) is 3.93. The summed E-state index contributed by atoms with van der Waals surface area (Å²) >= 11 is 0. The van der Waals surface area contributed by atoms with Gasteiger partial charge in [0.1, 0.15) is 11.5 Å². The summed E-state index contributed by atoms with van der Waals surface area (Å²) in [7, 11) is 3.35. The largest absolute Gasteiger partial charge is 0.497 e. The molecular formula is C21H19O2. The van der Waals surface area contributed by atoms with E-state index in [2.05, 4.69) is 37.3 Å². The third-order valence-electron chi connectivity index (χ3n) is 3.93. The van der Waals surface area contributed by atoms with Crippen LogP contribution in [-0.2, 0) is 0 Å². The van der Waals surface area contributed by atoms with E-state index < -0.39 is 0 Å². The first-order valence-corrected chi connectivity index (χ1v) is 7.47. The van der Waals surface area contributed by atoms with Crippen LogP contribution in [0.1, 0.15) is 5.56 Å². The van der Waals surface area contributed by atoms with E-state index in [0.29, 0.717) is 0 Å². The van der Waals surface area contributed by atoms with Crippen molar-refractivity contribution in [1.29, 1.82) is 0 Å². The molecule has 0 unspecified atom stereocenters. The Balaban J connectivity index is 2.11. The first-order valence-electron chi connectivity index (χ1n) is 7.47. The summed E-state index contributed by atoms with van der Waals surface area (Å²) in [5.74, 6) is 1.70. The molecule has 0 spiro atoms. The molecule has 0 N–H and O–H groups in total. The van der Waals surface area contributed by atoms with Crippen LogP contribution in [0.15, 0.2) is 66.7 Å². The van der Waals surface area contributed by atoms with Gasteiger partial charge in [0.2, 0.25) is 0 Å². The molecule has 0 bridgehead atoms. The predicted octanol–water partition coefficient (Wildman–Crippen LogP) is 5.22. The molecule has 2 nitrogen and oxygen atoms in total. The van der Waals surface area contributed by atoms with E-state index in [1.807, 2.05) is 36.4 Å². The summed E-state index contributed by atoms with van der Waals surface area (Å²) in [5.41, 5.74) is 5.57. The molecule has 0 atom stereocenters. The van der Waals surface area contributed by atoms with Crippen LogP contribution in [0.25, 0.3) is 22.3 Å². The quantitative estimate of drug-likeness (QED) is 0.658. The lowest BCUT2D eigenvalue weighted by Gasteiger charge is -2.14. The molecule has 2 heteroatoms. The van der Waals surface area contributed by atoms with E-state index in [9.17, 15) is 0 Å². The van der Waals surface area contributed by atoms with Crippen LogP contribution in [0.3, 0.4) is 0 Å². The Morgan fingerprint density at radius 2 is 1.17 bits per heavy atom. The van der Waals surface area contributed by atoms with Crippen molar-refractivity contribution in [3.8, 4) is 33.8 Å². The van der Waals surface area contributed by atoms with Crippen molar-refractivity contribution in [2.24, 2.45) is 0 Å². The lowest BCUT2D eigenvalue weighted by atomic mass is 9.91. The van der Waals surface area contributed by atoms with Crippen LogP contribution in [0, 0.1) is 6.92 Å². The van der Waals surface area contributed by atoms with E-state index in [1.165, 1.54) is 0 Å². The number of hydrogen-bond donors (Lipinski definition) is 0. The highest BCUT2D eigenvalue weighted by Gasteiger charge is 2.10. The van der Waals surface area contributed by atoms with Crippen molar-refractivity contribution in [2.45, 2.75) is 0 Å². The molecule has 1 radical (unpaired) electrons. The molecule has 23 heavy (non-hydrogen) atoms. The fourth-order valence-corrected chi connectivity index (χ4v) is 2.71. The molecule has 0 amide bonds. The standard InChI is InChI=1S/C21H19O2/c1-15-5-4-6-20(16-7-11-18(22-2)12-8-16)21(15)17-9-13-19(23-3)14-10-17/h4-14H,1H2,2-3H3. The van der Waals surface area contributed by atoms with Gasteiger partial charge in [0.15, 0.2) is 0 Å². The SMILES string of the molecule is [CH2]c1cccc(-c2ccc(OC)cc2)c1-c1ccc(OC)cc1. The van der Waals surface area contributed by atoms with E-state index in [-0.39, 0.29) is 0 Å². The first-order chi connectivity index (χ1) is 11.2. The number of hydrogen-bond acceptors (Lipinski definition) is 2. The van der Waals surface area contributed by atoms with Crippen LogP contribution < -0.4 is 9.47 Å². The minimum atomic E-state index is 0.848. The van der Waals surface area contributed by atoms with Gasteiger partial charge in [0.05, 0.1) is 14.2 Å². The second-order valence-corrected chi connectivity index (χ2v) is 5.30. The van der Waals surface area contributed by atoms with Crippen molar-refractivity contribution >= 4 is 0 Å². The van der Waals surface area contributed by atoms with Gasteiger partial charge in [-0.2, -0.15) is 0 Å². The lowest BCUT2D eigenvalue weighted by Crippen LogP contribution is -1.90. The smallest absolute Gasteiger partial charge is 0.118 e. The van der Waals surface area contributed by atoms with Gasteiger partial charge in [-0.15, -0.1) is 0 Å². The topological polar surface area (TPSA) is 18.5 Å². The normalized spacial score (nSPS) is 10.4. The Morgan fingerprint density at radius 1 is 0.652 bits per heavy atom. The van der Waals surface area contributed by atoms with E-state index in [0.717, 1.165) is 39.3 Å². The van der Waals surface area contributed by atoms with Crippen LogP contribution in [0.2, 0.25) is 0 Å². The molecule has 3 rings (SSSR count). The van der Waals surface area contributed by atoms with Crippen molar-refractivity contribution < 1.29 is 9.47 Å². The lowest BCUT2D eigenvalue weighted by molar-refractivity contribution is 0.414. The van der Waals surface area contributed by atoms with Crippen LogP contribution in [-0.4, -0.2) is 14.2 Å². The highest BCUT2D eigenvalue weighted by atomic mass is 16.5. The van der Waals surface area contributed by atoms with Crippen LogP contribution in [0.5, 0.6) is 11.5 Å². The van der Waals surface area contributed by atoms with Crippen molar-refractivity contribution in [3.05, 3.63) is 79.2 Å². The van der Waals surface area contributed by atoms with Gasteiger partial charge in [-0.25, -0.2) is 0 Å². The Labute approximate surface area is 137 Å². The predicted molar refractivity (Wildman–Crippen MR) is 94.9 cm³/mol. The molecule has 3 aromatic carbocycles. The number of benzene rings is 3. The maximum absolute atomic E-state index is 5.25. The molecule has 0 aliphatic heterocycles. The molecule has 115 valence electrons. The Kier molecular flexibility index (Phi) is 4.33.